The maximum atomic E-state index is 12.9. The Balaban J connectivity index is 1.59. The van der Waals surface area contributed by atoms with Crippen LogP contribution in [0.25, 0.3) is 0 Å². The van der Waals surface area contributed by atoms with Gasteiger partial charge in [0.2, 0.25) is 0 Å². The third-order valence-electron chi connectivity index (χ3n) is 4.69. The van der Waals surface area contributed by atoms with E-state index in [0.29, 0.717) is 18.7 Å². The number of aliphatic hydroxyl groups is 1. The molecular formula is C16H22FN3O4S. The summed E-state index contributed by atoms with van der Waals surface area (Å²) in [5.74, 6) is -0.936. The molecule has 25 heavy (non-hydrogen) atoms. The summed E-state index contributed by atoms with van der Waals surface area (Å²) in [6.45, 7) is 1.96. The standard InChI is InChI=1S/C16H22FN3O4S/c17-14-5-3-13(4-6-14)15(21)16(22)18-9-11-20(12-10-18)25(23,24)19-7-1-2-8-19/h3-6,15,21H,1-2,7-12H2/t15-/m0/s1. The molecule has 7 nitrogen and oxygen atoms in total. The lowest BCUT2D eigenvalue weighted by Gasteiger charge is -2.36. The number of aliphatic hydroxyl groups excluding tert-OH is 1. The molecule has 0 aliphatic carbocycles. The van der Waals surface area contributed by atoms with Crippen molar-refractivity contribution in [1.82, 2.24) is 13.5 Å². The molecule has 138 valence electrons. The fourth-order valence-electron chi connectivity index (χ4n) is 3.18. The zero-order chi connectivity index (χ0) is 18.0. The molecule has 2 aliphatic rings. The molecule has 2 aliphatic heterocycles. The van der Waals surface area contributed by atoms with Crippen LogP contribution in [0.2, 0.25) is 0 Å². The quantitative estimate of drug-likeness (QED) is 0.828. The molecule has 0 aromatic heterocycles. The number of piperazine rings is 1. The summed E-state index contributed by atoms with van der Waals surface area (Å²) in [7, 11) is -3.46. The minimum Gasteiger partial charge on any atom is -0.378 e. The smallest absolute Gasteiger partial charge is 0.282 e. The first-order valence-corrected chi connectivity index (χ1v) is 9.77. The van der Waals surface area contributed by atoms with Gasteiger partial charge in [0, 0.05) is 39.3 Å². The zero-order valence-electron chi connectivity index (χ0n) is 13.8. The normalized spacial score (nSPS) is 21.4. The van der Waals surface area contributed by atoms with Crippen LogP contribution in [-0.4, -0.2) is 72.2 Å². The summed E-state index contributed by atoms with van der Waals surface area (Å²) in [5, 5.41) is 10.2. The second kappa shape index (κ2) is 7.36. The Hall–Kier alpha value is -1.55. The number of halogens is 1. The van der Waals surface area contributed by atoms with Gasteiger partial charge in [-0.2, -0.15) is 17.0 Å². The van der Waals surface area contributed by atoms with Gasteiger partial charge in [-0.15, -0.1) is 0 Å². The highest BCUT2D eigenvalue weighted by Crippen LogP contribution is 2.21. The predicted octanol–water partition coefficient (Wildman–Crippen LogP) is 0.344. The first kappa shape index (κ1) is 18.2. The molecule has 2 saturated heterocycles. The maximum absolute atomic E-state index is 12.9. The van der Waals surface area contributed by atoms with E-state index in [2.05, 4.69) is 0 Å². The van der Waals surface area contributed by atoms with E-state index in [1.807, 2.05) is 0 Å². The van der Waals surface area contributed by atoms with E-state index in [4.69, 9.17) is 0 Å². The number of nitrogens with zero attached hydrogens (tertiary/aromatic N) is 3. The van der Waals surface area contributed by atoms with Crippen LogP contribution in [-0.2, 0) is 15.0 Å². The van der Waals surface area contributed by atoms with Gasteiger partial charge in [-0.3, -0.25) is 4.79 Å². The summed E-state index contributed by atoms with van der Waals surface area (Å²) in [6.07, 6.45) is 0.380. The Bertz CT molecular complexity index is 711. The average Bonchev–Trinajstić information content (AvgIpc) is 3.17. The van der Waals surface area contributed by atoms with E-state index in [-0.39, 0.29) is 26.2 Å². The first-order valence-electron chi connectivity index (χ1n) is 8.37. The lowest BCUT2D eigenvalue weighted by molar-refractivity contribution is -0.141. The van der Waals surface area contributed by atoms with Crippen LogP contribution in [0.3, 0.4) is 0 Å². The van der Waals surface area contributed by atoms with Gasteiger partial charge in [0.1, 0.15) is 5.82 Å². The van der Waals surface area contributed by atoms with Crippen LogP contribution >= 0.6 is 0 Å². The van der Waals surface area contributed by atoms with Crippen molar-refractivity contribution in [1.29, 1.82) is 0 Å². The zero-order valence-corrected chi connectivity index (χ0v) is 14.7. The highest BCUT2D eigenvalue weighted by atomic mass is 32.2. The Morgan fingerprint density at radius 3 is 2.04 bits per heavy atom. The molecule has 2 fully saturated rings. The van der Waals surface area contributed by atoms with E-state index in [1.54, 1.807) is 0 Å². The van der Waals surface area contributed by atoms with Crippen molar-refractivity contribution >= 4 is 16.1 Å². The number of carbonyl (C=O) groups is 1. The van der Waals surface area contributed by atoms with Crippen molar-refractivity contribution in [3.8, 4) is 0 Å². The molecule has 0 spiro atoms. The van der Waals surface area contributed by atoms with Crippen molar-refractivity contribution in [2.24, 2.45) is 0 Å². The van der Waals surface area contributed by atoms with Crippen molar-refractivity contribution in [3.05, 3.63) is 35.6 Å². The number of hydrogen-bond acceptors (Lipinski definition) is 4. The third-order valence-corrected chi connectivity index (χ3v) is 6.72. The minimum atomic E-state index is -3.46. The summed E-state index contributed by atoms with van der Waals surface area (Å²) in [5.41, 5.74) is 0.318. The van der Waals surface area contributed by atoms with Gasteiger partial charge in [0.05, 0.1) is 0 Å². The molecule has 1 atom stereocenters. The third kappa shape index (κ3) is 3.84. The lowest BCUT2D eigenvalue weighted by Crippen LogP contribution is -2.54. The van der Waals surface area contributed by atoms with Crippen LogP contribution in [0, 0.1) is 5.82 Å². The van der Waals surface area contributed by atoms with Crippen LogP contribution < -0.4 is 0 Å². The molecule has 1 N–H and O–H groups in total. The number of benzene rings is 1. The van der Waals surface area contributed by atoms with Gasteiger partial charge < -0.3 is 10.0 Å². The van der Waals surface area contributed by atoms with E-state index in [0.717, 1.165) is 12.8 Å². The molecule has 1 amide bonds. The summed E-state index contributed by atoms with van der Waals surface area (Å²) >= 11 is 0. The fraction of sp³-hybridized carbons (Fsp3) is 0.562. The molecule has 1 aromatic carbocycles. The van der Waals surface area contributed by atoms with Crippen LogP contribution in [0.1, 0.15) is 24.5 Å². The SMILES string of the molecule is O=C([C@@H](O)c1ccc(F)cc1)N1CCN(S(=O)(=O)N2CCCC2)CC1. The van der Waals surface area contributed by atoms with Gasteiger partial charge in [0.15, 0.2) is 6.10 Å². The molecule has 0 bridgehead atoms. The van der Waals surface area contributed by atoms with Crippen molar-refractivity contribution in [3.63, 3.8) is 0 Å². The number of rotatable bonds is 4. The second-order valence-corrected chi connectivity index (χ2v) is 8.22. The van der Waals surface area contributed by atoms with E-state index in [9.17, 15) is 22.7 Å². The summed E-state index contributed by atoms with van der Waals surface area (Å²) in [6, 6.07) is 5.11. The van der Waals surface area contributed by atoms with Gasteiger partial charge in [-0.05, 0) is 30.5 Å². The van der Waals surface area contributed by atoms with Gasteiger partial charge >= 0.3 is 0 Å². The molecule has 9 heteroatoms. The van der Waals surface area contributed by atoms with Crippen LogP contribution in [0.15, 0.2) is 24.3 Å². The molecule has 3 rings (SSSR count). The molecular weight excluding hydrogens is 349 g/mol. The monoisotopic (exact) mass is 371 g/mol. The van der Waals surface area contributed by atoms with E-state index in [1.165, 1.54) is 37.8 Å². The van der Waals surface area contributed by atoms with E-state index >= 15 is 0 Å². The lowest BCUT2D eigenvalue weighted by atomic mass is 10.1. The molecule has 0 radical (unpaired) electrons. The largest absolute Gasteiger partial charge is 0.378 e. The Kier molecular flexibility index (Phi) is 5.38. The van der Waals surface area contributed by atoms with Crippen LogP contribution in [0.4, 0.5) is 4.39 Å². The van der Waals surface area contributed by atoms with Gasteiger partial charge in [-0.25, -0.2) is 4.39 Å². The van der Waals surface area contributed by atoms with Crippen molar-refractivity contribution in [2.45, 2.75) is 18.9 Å². The van der Waals surface area contributed by atoms with E-state index < -0.39 is 28.0 Å². The summed E-state index contributed by atoms with van der Waals surface area (Å²) in [4.78, 5) is 13.8. The molecule has 1 aromatic rings. The Labute approximate surface area is 146 Å². The minimum absolute atomic E-state index is 0.209. The summed E-state index contributed by atoms with van der Waals surface area (Å²) < 4.78 is 40.9. The molecule has 2 heterocycles. The highest BCUT2D eigenvalue weighted by molar-refractivity contribution is 7.86. The van der Waals surface area contributed by atoms with Crippen LogP contribution in [0.5, 0.6) is 0 Å². The number of hydrogen-bond donors (Lipinski definition) is 1. The number of amides is 1. The average molecular weight is 371 g/mol. The Morgan fingerprint density at radius 1 is 0.960 bits per heavy atom. The van der Waals surface area contributed by atoms with Crippen molar-refractivity contribution in [2.75, 3.05) is 39.3 Å². The van der Waals surface area contributed by atoms with Crippen molar-refractivity contribution < 1.29 is 22.7 Å². The maximum Gasteiger partial charge on any atom is 0.282 e. The first-order chi connectivity index (χ1) is 11.9. The topological polar surface area (TPSA) is 81.2 Å². The Morgan fingerprint density at radius 2 is 1.48 bits per heavy atom. The highest BCUT2D eigenvalue weighted by Gasteiger charge is 2.35. The molecule has 0 saturated carbocycles. The van der Waals surface area contributed by atoms with Gasteiger partial charge in [-0.1, -0.05) is 12.1 Å². The predicted molar refractivity (Wildman–Crippen MR) is 89.2 cm³/mol. The number of carbonyl (C=O) groups excluding carboxylic acids is 1. The fourth-order valence-corrected chi connectivity index (χ4v) is 4.85. The molecule has 0 unspecified atom stereocenters. The second-order valence-electron chi connectivity index (χ2n) is 6.29. The van der Waals surface area contributed by atoms with Gasteiger partial charge in [0.25, 0.3) is 16.1 Å².